The maximum atomic E-state index is 13.3. The number of piperidine rings is 1. The Labute approximate surface area is 180 Å². The number of benzene rings is 2. The quantitative estimate of drug-likeness (QED) is 0.607. The number of Topliss-reactive ketones (excluding diaryl/α,β-unsaturated/α-hetero) is 1. The van der Waals surface area contributed by atoms with Crippen LogP contribution in [0, 0.1) is 22.7 Å². The van der Waals surface area contributed by atoms with Gasteiger partial charge in [-0.25, -0.2) is 4.98 Å². The Morgan fingerprint density at radius 1 is 0.806 bits per heavy atom. The summed E-state index contributed by atoms with van der Waals surface area (Å²) in [5.74, 6) is 0.736. The SMILES string of the molecule is N#Cc1cccc(/C=C2/CN(c3ccccn3)C/C(=C\c3cccc(C#N)c3)C2=O)c1. The fourth-order valence-electron chi connectivity index (χ4n) is 3.54. The van der Waals surface area contributed by atoms with Crippen LogP contribution in [0.4, 0.5) is 5.82 Å². The lowest BCUT2D eigenvalue weighted by atomic mass is 9.93. The van der Waals surface area contributed by atoms with Crippen LogP contribution in [-0.2, 0) is 4.79 Å². The highest BCUT2D eigenvalue weighted by Crippen LogP contribution is 2.25. The van der Waals surface area contributed by atoms with Crippen LogP contribution >= 0.6 is 0 Å². The largest absolute Gasteiger partial charge is 0.348 e. The van der Waals surface area contributed by atoms with Gasteiger partial charge in [-0.1, -0.05) is 30.3 Å². The number of carbonyl (C=O) groups is 1. The van der Waals surface area contributed by atoms with E-state index >= 15 is 0 Å². The Bertz CT molecular complexity index is 1200. The van der Waals surface area contributed by atoms with Crippen LogP contribution in [0.3, 0.4) is 0 Å². The summed E-state index contributed by atoms with van der Waals surface area (Å²) in [6.07, 6.45) is 5.39. The molecule has 5 heteroatoms. The van der Waals surface area contributed by atoms with Crippen molar-refractivity contribution in [2.75, 3.05) is 18.0 Å². The normalized spacial score (nSPS) is 16.2. The predicted molar refractivity (Wildman–Crippen MR) is 120 cm³/mol. The van der Waals surface area contributed by atoms with Crippen molar-refractivity contribution in [2.24, 2.45) is 0 Å². The lowest BCUT2D eigenvalue weighted by molar-refractivity contribution is -0.112. The lowest BCUT2D eigenvalue weighted by Gasteiger charge is -2.30. The summed E-state index contributed by atoms with van der Waals surface area (Å²) in [6.45, 7) is 0.838. The summed E-state index contributed by atoms with van der Waals surface area (Å²) in [4.78, 5) is 19.8. The zero-order valence-corrected chi connectivity index (χ0v) is 16.7. The Balaban J connectivity index is 1.76. The van der Waals surface area contributed by atoms with Gasteiger partial charge in [-0.2, -0.15) is 10.5 Å². The minimum absolute atomic E-state index is 0.0445. The Morgan fingerprint density at radius 3 is 1.87 bits per heavy atom. The molecule has 0 radical (unpaired) electrons. The van der Waals surface area contributed by atoms with Crippen molar-refractivity contribution in [1.82, 2.24) is 4.98 Å². The van der Waals surface area contributed by atoms with Crippen molar-refractivity contribution < 1.29 is 4.79 Å². The van der Waals surface area contributed by atoms with E-state index in [0.717, 1.165) is 16.9 Å². The fourth-order valence-corrected chi connectivity index (χ4v) is 3.54. The molecule has 1 aliphatic heterocycles. The second-order valence-corrected chi connectivity index (χ2v) is 7.19. The van der Waals surface area contributed by atoms with Crippen LogP contribution in [0.2, 0.25) is 0 Å². The first kappa shape index (κ1) is 19.8. The molecule has 4 rings (SSSR count). The summed E-state index contributed by atoms with van der Waals surface area (Å²) in [7, 11) is 0. The van der Waals surface area contributed by atoms with E-state index in [2.05, 4.69) is 17.1 Å². The summed E-state index contributed by atoms with van der Waals surface area (Å²) >= 11 is 0. The van der Waals surface area contributed by atoms with Gasteiger partial charge in [0.05, 0.1) is 23.3 Å². The van der Waals surface area contributed by atoms with E-state index in [4.69, 9.17) is 0 Å². The Kier molecular flexibility index (Phi) is 5.69. The average molecular weight is 402 g/mol. The monoisotopic (exact) mass is 402 g/mol. The third kappa shape index (κ3) is 4.58. The number of hydrogen-bond donors (Lipinski definition) is 0. The molecule has 3 aromatic rings. The molecule has 2 aromatic carbocycles. The fraction of sp³-hybridized carbons (Fsp3) is 0.0769. The molecule has 0 saturated carbocycles. The molecular weight excluding hydrogens is 384 g/mol. The molecule has 1 fully saturated rings. The molecule has 0 unspecified atom stereocenters. The minimum atomic E-state index is -0.0445. The molecule has 0 bridgehead atoms. The highest BCUT2D eigenvalue weighted by Gasteiger charge is 2.27. The molecule has 1 aliphatic rings. The van der Waals surface area contributed by atoms with Gasteiger partial charge in [0, 0.05) is 30.4 Å². The maximum Gasteiger partial charge on any atom is 0.188 e. The van der Waals surface area contributed by atoms with Crippen molar-refractivity contribution in [2.45, 2.75) is 0 Å². The van der Waals surface area contributed by atoms with Gasteiger partial charge in [0.25, 0.3) is 0 Å². The summed E-state index contributed by atoms with van der Waals surface area (Å²) < 4.78 is 0. The van der Waals surface area contributed by atoms with Crippen LogP contribution in [0.25, 0.3) is 12.2 Å². The minimum Gasteiger partial charge on any atom is -0.348 e. The Hall–Kier alpha value is -4.48. The number of nitriles is 2. The maximum absolute atomic E-state index is 13.3. The van der Waals surface area contributed by atoms with E-state index in [1.54, 1.807) is 42.6 Å². The first-order valence-electron chi connectivity index (χ1n) is 9.78. The van der Waals surface area contributed by atoms with Gasteiger partial charge in [0.2, 0.25) is 0 Å². The first-order chi connectivity index (χ1) is 15.2. The van der Waals surface area contributed by atoms with Gasteiger partial charge in [-0.15, -0.1) is 0 Å². The first-order valence-corrected chi connectivity index (χ1v) is 9.78. The third-order valence-electron chi connectivity index (χ3n) is 4.99. The van der Waals surface area contributed by atoms with Gasteiger partial charge in [-0.3, -0.25) is 4.79 Å². The highest BCUT2D eigenvalue weighted by molar-refractivity contribution is 6.15. The lowest BCUT2D eigenvalue weighted by Crippen LogP contribution is -2.38. The molecule has 0 N–H and O–H groups in total. The highest BCUT2D eigenvalue weighted by atomic mass is 16.1. The number of anilines is 1. The van der Waals surface area contributed by atoms with Crippen LogP contribution < -0.4 is 4.90 Å². The zero-order chi connectivity index (χ0) is 21.6. The second kappa shape index (κ2) is 8.90. The summed E-state index contributed by atoms with van der Waals surface area (Å²) in [6, 6.07) is 24.3. The standard InChI is InChI=1S/C26H18N4O/c27-15-21-7-3-5-19(11-21)13-23-17-30(25-9-1-2-10-29-25)18-24(26(23)31)14-20-6-4-8-22(12-20)16-28/h1-14H,17-18H2/b23-13-,24-14+. The second-order valence-electron chi connectivity index (χ2n) is 7.19. The Morgan fingerprint density at radius 2 is 1.39 bits per heavy atom. The third-order valence-corrected chi connectivity index (χ3v) is 4.99. The van der Waals surface area contributed by atoms with Crippen molar-refractivity contribution in [1.29, 1.82) is 10.5 Å². The van der Waals surface area contributed by atoms with Crippen molar-refractivity contribution >= 4 is 23.8 Å². The van der Waals surface area contributed by atoms with Gasteiger partial charge >= 0.3 is 0 Å². The summed E-state index contributed by atoms with van der Waals surface area (Å²) in [5, 5.41) is 18.3. The van der Waals surface area contributed by atoms with Crippen molar-refractivity contribution in [3.63, 3.8) is 0 Å². The molecule has 0 amide bonds. The molecule has 0 spiro atoms. The van der Waals surface area contributed by atoms with E-state index in [0.29, 0.717) is 35.4 Å². The molecule has 31 heavy (non-hydrogen) atoms. The number of ketones is 1. The average Bonchev–Trinajstić information content (AvgIpc) is 2.82. The van der Waals surface area contributed by atoms with E-state index in [9.17, 15) is 15.3 Å². The van der Waals surface area contributed by atoms with Gasteiger partial charge < -0.3 is 4.90 Å². The number of pyridine rings is 1. The molecule has 1 aromatic heterocycles. The number of rotatable bonds is 3. The summed E-state index contributed by atoms with van der Waals surface area (Å²) in [5.41, 5.74) is 3.93. The van der Waals surface area contributed by atoms with E-state index in [-0.39, 0.29) is 5.78 Å². The van der Waals surface area contributed by atoms with Crippen molar-refractivity contribution in [3.8, 4) is 12.1 Å². The molecule has 1 saturated heterocycles. The molecular formula is C26H18N4O. The van der Waals surface area contributed by atoms with Crippen LogP contribution in [0.5, 0.6) is 0 Å². The number of nitrogens with zero attached hydrogens (tertiary/aromatic N) is 4. The van der Waals surface area contributed by atoms with Gasteiger partial charge in [0.1, 0.15) is 5.82 Å². The van der Waals surface area contributed by atoms with E-state index in [1.807, 2.05) is 47.4 Å². The molecule has 5 nitrogen and oxygen atoms in total. The van der Waals surface area contributed by atoms with Crippen molar-refractivity contribution in [3.05, 3.63) is 106 Å². The van der Waals surface area contributed by atoms with Gasteiger partial charge in [-0.05, 0) is 59.7 Å². The van der Waals surface area contributed by atoms with Crippen LogP contribution in [0.1, 0.15) is 22.3 Å². The van der Waals surface area contributed by atoms with E-state index < -0.39 is 0 Å². The molecule has 0 aliphatic carbocycles. The topological polar surface area (TPSA) is 80.8 Å². The van der Waals surface area contributed by atoms with Crippen LogP contribution in [-0.4, -0.2) is 23.9 Å². The molecule has 0 atom stereocenters. The zero-order valence-electron chi connectivity index (χ0n) is 16.7. The number of carbonyl (C=O) groups excluding carboxylic acids is 1. The molecule has 148 valence electrons. The van der Waals surface area contributed by atoms with Crippen LogP contribution in [0.15, 0.2) is 84.1 Å². The number of hydrogen-bond acceptors (Lipinski definition) is 5. The smallest absolute Gasteiger partial charge is 0.188 e. The van der Waals surface area contributed by atoms with E-state index in [1.165, 1.54) is 0 Å². The van der Waals surface area contributed by atoms with Gasteiger partial charge in [0.15, 0.2) is 5.78 Å². The predicted octanol–water partition coefficient (Wildman–Crippen LogP) is 4.38. The molecule has 2 heterocycles. The number of aromatic nitrogens is 1.